The quantitative estimate of drug-likeness (QED) is 0.538. The minimum atomic E-state index is -0.0693. The fourth-order valence-corrected chi connectivity index (χ4v) is 2.99. The third kappa shape index (κ3) is 4.99. The van der Waals surface area contributed by atoms with Gasteiger partial charge in [-0.15, -0.1) is 0 Å². The van der Waals surface area contributed by atoms with Crippen LogP contribution in [0.3, 0.4) is 0 Å². The number of ether oxygens (including phenoxy) is 2. The lowest BCUT2D eigenvalue weighted by molar-refractivity contribution is 0.0778. The van der Waals surface area contributed by atoms with Gasteiger partial charge in [0.25, 0.3) is 5.91 Å². The van der Waals surface area contributed by atoms with Crippen LogP contribution in [0.25, 0.3) is 11.1 Å². The van der Waals surface area contributed by atoms with E-state index in [0.29, 0.717) is 31.1 Å². The Kier molecular flexibility index (Phi) is 6.82. The zero-order valence-corrected chi connectivity index (χ0v) is 16.3. The van der Waals surface area contributed by atoms with E-state index in [4.69, 9.17) is 9.47 Å². The van der Waals surface area contributed by atoms with Crippen molar-refractivity contribution < 1.29 is 14.3 Å². The molecule has 28 heavy (non-hydrogen) atoms. The van der Waals surface area contributed by atoms with Gasteiger partial charge in [-0.3, -0.25) is 4.79 Å². The molecule has 3 aromatic carbocycles. The van der Waals surface area contributed by atoms with E-state index in [1.807, 2.05) is 36.4 Å². The topological polar surface area (TPSA) is 38.8 Å². The Morgan fingerprint density at radius 2 is 1.46 bits per heavy atom. The summed E-state index contributed by atoms with van der Waals surface area (Å²) in [4.78, 5) is 14.6. The van der Waals surface area contributed by atoms with Gasteiger partial charge in [-0.05, 0) is 28.8 Å². The molecule has 0 N–H and O–H groups in total. The van der Waals surface area contributed by atoms with Gasteiger partial charge in [-0.25, -0.2) is 0 Å². The van der Waals surface area contributed by atoms with Crippen molar-refractivity contribution in [2.24, 2.45) is 0 Å². The molecule has 4 nitrogen and oxygen atoms in total. The van der Waals surface area contributed by atoms with Crippen LogP contribution >= 0.6 is 0 Å². The van der Waals surface area contributed by atoms with Gasteiger partial charge in [-0.2, -0.15) is 0 Å². The number of rotatable bonds is 8. The minimum Gasteiger partial charge on any atom is -0.490 e. The molecular weight excluding hydrogens is 350 g/mol. The number of methoxy groups -OCH3 is 1. The van der Waals surface area contributed by atoms with Gasteiger partial charge >= 0.3 is 0 Å². The lowest BCUT2D eigenvalue weighted by Crippen LogP contribution is -2.26. The molecule has 0 radical (unpaired) electrons. The summed E-state index contributed by atoms with van der Waals surface area (Å²) in [6.45, 7) is 1.41. The molecule has 0 aliphatic heterocycles. The predicted molar refractivity (Wildman–Crippen MR) is 111 cm³/mol. The van der Waals surface area contributed by atoms with Crippen molar-refractivity contribution in [3.05, 3.63) is 90.0 Å². The highest BCUT2D eigenvalue weighted by Gasteiger charge is 2.16. The van der Waals surface area contributed by atoms with Crippen molar-refractivity contribution in [1.29, 1.82) is 0 Å². The molecule has 0 aromatic heterocycles. The zero-order valence-electron chi connectivity index (χ0n) is 16.3. The van der Waals surface area contributed by atoms with Crippen LogP contribution in [-0.2, 0) is 11.3 Å². The van der Waals surface area contributed by atoms with Crippen molar-refractivity contribution in [3.8, 4) is 16.9 Å². The Morgan fingerprint density at radius 1 is 0.821 bits per heavy atom. The van der Waals surface area contributed by atoms with Gasteiger partial charge in [0.2, 0.25) is 0 Å². The molecule has 3 rings (SSSR count). The second-order valence-electron chi connectivity index (χ2n) is 6.56. The van der Waals surface area contributed by atoms with E-state index in [2.05, 4.69) is 36.4 Å². The number of amides is 1. The maximum atomic E-state index is 12.9. The maximum absolute atomic E-state index is 12.9. The Bertz CT molecular complexity index is 891. The third-order valence-electron chi connectivity index (χ3n) is 4.49. The van der Waals surface area contributed by atoms with Crippen molar-refractivity contribution >= 4 is 5.91 Å². The summed E-state index contributed by atoms with van der Waals surface area (Å²) in [6, 6.07) is 25.9. The number of carbonyl (C=O) groups excluding carboxylic acids is 1. The van der Waals surface area contributed by atoms with Crippen LogP contribution in [0.2, 0.25) is 0 Å². The first-order chi connectivity index (χ1) is 13.7. The molecule has 0 saturated heterocycles. The van der Waals surface area contributed by atoms with E-state index >= 15 is 0 Å². The summed E-state index contributed by atoms with van der Waals surface area (Å²) in [5.41, 5.74) is 3.98. The first-order valence-electron chi connectivity index (χ1n) is 9.29. The lowest BCUT2D eigenvalue weighted by Gasteiger charge is -2.19. The van der Waals surface area contributed by atoms with E-state index in [-0.39, 0.29) is 5.91 Å². The molecule has 0 atom stereocenters. The van der Waals surface area contributed by atoms with E-state index in [9.17, 15) is 4.79 Å². The SMILES string of the molecule is COCCOc1ccccc1C(=O)N(C)Cc1ccc(-c2ccccc2)cc1. The third-order valence-corrected chi connectivity index (χ3v) is 4.49. The highest BCUT2D eigenvalue weighted by atomic mass is 16.5. The molecule has 0 fully saturated rings. The summed E-state index contributed by atoms with van der Waals surface area (Å²) in [5.74, 6) is 0.510. The second-order valence-corrected chi connectivity index (χ2v) is 6.56. The number of benzene rings is 3. The molecule has 144 valence electrons. The van der Waals surface area contributed by atoms with Gasteiger partial charge < -0.3 is 14.4 Å². The highest BCUT2D eigenvalue weighted by Crippen LogP contribution is 2.22. The van der Waals surface area contributed by atoms with Gasteiger partial charge in [0, 0.05) is 20.7 Å². The van der Waals surface area contributed by atoms with E-state index in [1.54, 1.807) is 25.1 Å². The largest absolute Gasteiger partial charge is 0.490 e. The lowest BCUT2D eigenvalue weighted by atomic mass is 10.0. The zero-order chi connectivity index (χ0) is 19.8. The maximum Gasteiger partial charge on any atom is 0.257 e. The first-order valence-corrected chi connectivity index (χ1v) is 9.29. The Morgan fingerprint density at radius 3 is 2.18 bits per heavy atom. The van der Waals surface area contributed by atoms with Crippen LogP contribution < -0.4 is 4.74 Å². The van der Waals surface area contributed by atoms with Crippen LogP contribution in [0.4, 0.5) is 0 Å². The molecule has 0 heterocycles. The average Bonchev–Trinajstić information content (AvgIpc) is 2.75. The molecule has 0 aliphatic rings. The van der Waals surface area contributed by atoms with Crippen LogP contribution in [0, 0.1) is 0 Å². The van der Waals surface area contributed by atoms with Gasteiger partial charge in [0.05, 0.1) is 12.2 Å². The fraction of sp³-hybridized carbons (Fsp3) is 0.208. The average molecular weight is 375 g/mol. The summed E-state index contributed by atoms with van der Waals surface area (Å²) in [6.07, 6.45) is 0. The summed E-state index contributed by atoms with van der Waals surface area (Å²) >= 11 is 0. The van der Waals surface area contributed by atoms with Crippen LogP contribution in [0.5, 0.6) is 5.75 Å². The van der Waals surface area contributed by atoms with E-state index in [0.717, 1.165) is 11.1 Å². The normalized spacial score (nSPS) is 10.5. The fourth-order valence-electron chi connectivity index (χ4n) is 2.99. The number of carbonyl (C=O) groups is 1. The Hall–Kier alpha value is -3.11. The molecule has 0 aliphatic carbocycles. The van der Waals surface area contributed by atoms with Crippen LogP contribution in [-0.4, -0.2) is 38.2 Å². The smallest absolute Gasteiger partial charge is 0.257 e. The van der Waals surface area contributed by atoms with Crippen LogP contribution in [0.1, 0.15) is 15.9 Å². The van der Waals surface area contributed by atoms with Crippen molar-refractivity contribution in [3.63, 3.8) is 0 Å². The first kappa shape index (κ1) is 19.6. The molecule has 1 amide bonds. The molecule has 0 saturated carbocycles. The van der Waals surface area contributed by atoms with Crippen molar-refractivity contribution in [2.75, 3.05) is 27.4 Å². The van der Waals surface area contributed by atoms with Crippen molar-refractivity contribution in [2.45, 2.75) is 6.54 Å². The summed E-state index contributed by atoms with van der Waals surface area (Å²) in [7, 11) is 3.43. The molecule has 4 heteroatoms. The van der Waals surface area contributed by atoms with Gasteiger partial charge in [0.1, 0.15) is 12.4 Å². The molecule has 0 spiro atoms. The van der Waals surface area contributed by atoms with Crippen molar-refractivity contribution in [1.82, 2.24) is 4.90 Å². The molecule has 3 aromatic rings. The van der Waals surface area contributed by atoms with Gasteiger partial charge in [0.15, 0.2) is 0 Å². The second kappa shape index (κ2) is 9.72. The summed E-state index contributed by atoms with van der Waals surface area (Å²) in [5, 5.41) is 0. The number of hydrogen-bond acceptors (Lipinski definition) is 3. The predicted octanol–water partition coefficient (Wildman–Crippen LogP) is 4.65. The van der Waals surface area contributed by atoms with E-state index in [1.165, 1.54) is 5.56 Å². The minimum absolute atomic E-state index is 0.0693. The van der Waals surface area contributed by atoms with E-state index < -0.39 is 0 Å². The molecule has 0 bridgehead atoms. The van der Waals surface area contributed by atoms with Crippen LogP contribution in [0.15, 0.2) is 78.9 Å². The van der Waals surface area contributed by atoms with Gasteiger partial charge in [-0.1, -0.05) is 66.7 Å². The monoisotopic (exact) mass is 375 g/mol. The Balaban J connectivity index is 1.68. The Labute approximate surface area is 166 Å². The highest BCUT2D eigenvalue weighted by molar-refractivity contribution is 5.96. The number of hydrogen-bond donors (Lipinski definition) is 0. The molecular formula is C24H25NO3. The molecule has 0 unspecified atom stereocenters. The summed E-state index contributed by atoms with van der Waals surface area (Å²) < 4.78 is 10.7. The standard InChI is InChI=1S/C24H25NO3/c1-25(24(26)22-10-6-7-11-23(22)28-17-16-27-2)18-19-12-14-21(15-13-19)20-8-4-3-5-9-20/h3-15H,16-18H2,1-2H3. The number of nitrogens with zero attached hydrogens (tertiary/aromatic N) is 1. The number of para-hydroxylation sites is 1.